The van der Waals surface area contributed by atoms with E-state index in [0.717, 1.165) is 5.56 Å². The molecule has 1 saturated heterocycles. The largest absolute Gasteiger partial charge is 0.496 e. The number of benzene rings is 2. The Hall–Kier alpha value is -3.35. The molecule has 0 saturated carbocycles. The second kappa shape index (κ2) is 7.58. The van der Waals surface area contributed by atoms with Crippen LogP contribution in [0, 0.1) is 5.82 Å². The Morgan fingerprint density at radius 3 is 2.76 bits per heavy atom. The van der Waals surface area contributed by atoms with Gasteiger partial charge in [0.05, 0.1) is 18.3 Å². The van der Waals surface area contributed by atoms with Crippen molar-refractivity contribution < 1.29 is 18.7 Å². The smallest absolute Gasteiger partial charge is 0.270 e. The van der Waals surface area contributed by atoms with Crippen LogP contribution < -0.4 is 15.0 Å². The lowest BCUT2D eigenvalue weighted by molar-refractivity contribution is -0.117. The van der Waals surface area contributed by atoms with E-state index in [-0.39, 0.29) is 18.4 Å². The number of carbonyl (C=O) groups is 2. The molecule has 3 aromatic rings. The second-order valence-corrected chi connectivity index (χ2v) is 7.06. The molecule has 0 unspecified atom stereocenters. The van der Waals surface area contributed by atoms with Crippen LogP contribution in [0.2, 0.25) is 0 Å². The fourth-order valence-electron chi connectivity index (χ4n) is 3.92. The fraction of sp³-hybridized carbons (Fsp3) is 0.273. The van der Waals surface area contributed by atoms with Gasteiger partial charge in [0.15, 0.2) is 0 Å². The first-order valence-electron chi connectivity index (χ1n) is 9.49. The van der Waals surface area contributed by atoms with E-state index >= 15 is 0 Å². The lowest BCUT2D eigenvalue weighted by Gasteiger charge is -2.18. The lowest BCUT2D eigenvalue weighted by atomic mass is 10.1. The van der Waals surface area contributed by atoms with Gasteiger partial charge in [-0.3, -0.25) is 9.59 Å². The van der Waals surface area contributed by atoms with Crippen molar-refractivity contribution in [3.63, 3.8) is 0 Å². The number of nitrogens with zero attached hydrogens (tertiary/aromatic N) is 2. The Kier molecular flexibility index (Phi) is 4.96. The second-order valence-electron chi connectivity index (χ2n) is 7.06. The standard InChI is InChI=1S/C22H22FN3O3/c1-25-17-10-9-15(23)12-16(17)20(26-11-5-8-19(26)27)21(25)22(28)24-13-14-6-3-4-7-18(14)29-2/h3-4,6-7,9-10,12H,5,8,11,13H2,1-2H3,(H,24,28). The Morgan fingerprint density at radius 1 is 1.24 bits per heavy atom. The zero-order valence-electron chi connectivity index (χ0n) is 16.4. The van der Waals surface area contributed by atoms with Gasteiger partial charge in [0.2, 0.25) is 5.91 Å². The van der Waals surface area contributed by atoms with Crippen LogP contribution in [0.25, 0.3) is 10.9 Å². The molecule has 150 valence electrons. The van der Waals surface area contributed by atoms with E-state index < -0.39 is 5.82 Å². The third kappa shape index (κ3) is 3.33. The number of hydrogen-bond donors (Lipinski definition) is 1. The highest BCUT2D eigenvalue weighted by Gasteiger charge is 2.31. The van der Waals surface area contributed by atoms with Gasteiger partial charge >= 0.3 is 0 Å². The van der Waals surface area contributed by atoms with Crippen molar-refractivity contribution in [2.75, 3.05) is 18.6 Å². The van der Waals surface area contributed by atoms with E-state index in [9.17, 15) is 14.0 Å². The Bertz CT molecular complexity index is 1110. The highest BCUT2D eigenvalue weighted by atomic mass is 19.1. The number of fused-ring (bicyclic) bond motifs is 1. The molecule has 6 nitrogen and oxygen atoms in total. The summed E-state index contributed by atoms with van der Waals surface area (Å²) in [4.78, 5) is 27.2. The molecule has 0 radical (unpaired) electrons. The van der Waals surface area contributed by atoms with Gasteiger partial charge in [-0.1, -0.05) is 18.2 Å². The molecular formula is C22H22FN3O3. The number of carbonyl (C=O) groups excluding carboxylic acids is 2. The van der Waals surface area contributed by atoms with E-state index in [1.807, 2.05) is 24.3 Å². The predicted octanol–water partition coefficient (Wildman–Crippen LogP) is 3.38. The number of anilines is 1. The maximum Gasteiger partial charge on any atom is 0.270 e. The van der Waals surface area contributed by atoms with Gasteiger partial charge in [-0.15, -0.1) is 0 Å². The normalized spacial score (nSPS) is 13.9. The summed E-state index contributed by atoms with van der Waals surface area (Å²) in [5.74, 6) is -0.107. The molecule has 2 aromatic carbocycles. The maximum atomic E-state index is 14.0. The molecule has 1 fully saturated rings. The molecule has 1 aromatic heterocycles. The molecule has 0 bridgehead atoms. The van der Waals surface area contributed by atoms with Crippen molar-refractivity contribution in [3.05, 3.63) is 59.5 Å². The molecule has 1 aliphatic rings. The monoisotopic (exact) mass is 395 g/mol. The van der Waals surface area contributed by atoms with E-state index in [1.165, 1.54) is 12.1 Å². The third-order valence-corrected chi connectivity index (χ3v) is 5.33. The third-order valence-electron chi connectivity index (χ3n) is 5.33. The Labute approximate surface area is 167 Å². The molecule has 2 heterocycles. The summed E-state index contributed by atoms with van der Waals surface area (Å²) in [6, 6.07) is 11.8. The van der Waals surface area contributed by atoms with Crippen LogP contribution in [0.4, 0.5) is 10.1 Å². The minimum atomic E-state index is -0.406. The van der Waals surface area contributed by atoms with Gasteiger partial charge in [0, 0.05) is 37.5 Å². The number of amides is 2. The summed E-state index contributed by atoms with van der Waals surface area (Å²) in [6.45, 7) is 0.785. The minimum absolute atomic E-state index is 0.0551. The number of ether oxygens (including phenoxy) is 1. The van der Waals surface area contributed by atoms with Gasteiger partial charge in [-0.25, -0.2) is 4.39 Å². The topological polar surface area (TPSA) is 63.6 Å². The summed E-state index contributed by atoms with van der Waals surface area (Å²) in [5.41, 5.74) is 2.35. The summed E-state index contributed by atoms with van der Waals surface area (Å²) >= 11 is 0. The summed E-state index contributed by atoms with van der Waals surface area (Å²) in [7, 11) is 3.33. The number of aryl methyl sites for hydroxylation is 1. The molecule has 7 heteroatoms. The van der Waals surface area contributed by atoms with Crippen LogP contribution in [0.5, 0.6) is 5.75 Å². The molecule has 0 aliphatic carbocycles. The number of halogens is 1. The first kappa shape index (κ1) is 19.0. The van der Waals surface area contributed by atoms with Gasteiger partial charge in [-0.05, 0) is 30.7 Å². The molecule has 29 heavy (non-hydrogen) atoms. The van der Waals surface area contributed by atoms with Crippen molar-refractivity contribution in [1.82, 2.24) is 9.88 Å². The number of nitrogens with one attached hydrogen (secondary N) is 1. The van der Waals surface area contributed by atoms with Crippen LogP contribution in [0.3, 0.4) is 0 Å². The zero-order valence-corrected chi connectivity index (χ0v) is 16.4. The number of methoxy groups -OCH3 is 1. The van der Waals surface area contributed by atoms with Crippen molar-refractivity contribution in [1.29, 1.82) is 0 Å². The molecule has 1 aliphatic heterocycles. The van der Waals surface area contributed by atoms with Crippen LogP contribution in [-0.4, -0.2) is 30.0 Å². The van der Waals surface area contributed by atoms with Crippen molar-refractivity contribution >= 4 is 28.4 Å². The van der Waals surface area contributed by atoms with E-state index in [2.05, 4.69) is 5.32 Å². The molecule has 4 rings (SSSR count). The van der Waals surface area contributed by atoms with Crippen LogP contribution >= 0.6 is 0 Å². The Morgan fingerprint density at radius 2 is 2.03 bits per heavy atom. The fourth-order valence-corrected chi connectivity index (χ4v) is 3.92. The van der Waals surface area contributed by atoms with Gasteiger partial charge < -0.3 is 19.5 Å². The van der Waals surface area contributed by atoms with Crippen LogP contribution in [-0.2, 0) is 18.4 Å². The zero-order chi connectivity index (χ0) is 20.5. The lowest BCUT2D eigenvalue weighted by Crippen LogP contribution is -2.30. The predicted molar refractivity (Wildman–Crippen MR) is 109 cm³/mol. The van der Waals surface area contributed by atoms with Gasteiger partial charge in [0.1, 0.15) is 17.3 Å². The molecule has 2 amide bonds. The highest BCUT2D eigenvalue weighted by Crippen LogP contribution is 2.36. The van der Waals surface area contributed by atoms with Crippen molar-refractivity contribution in [3.8, 4) is 5.75 Å². The number of hydrogen-bond acceptors (Lipinski definition) is 3. The van der Waals surface area contributed by atoms with E-state index in [1.54, 1.807) is 29.7 Å². The molecular weight excluding hydrogens is 373 g/mol. The minimum Gasteiger partial charge on any atom is -0.496 e. The van der Waals surface area contributed by atoms with Crippen LogP contribution in [0.1, 0.15) is 28.9 Å². The average molecular weight is 395 g/mol. The van der Waals surface area contributed by atoms with Crippen molar-refractivity contribution in [2.45, 2.75) is 19.4 Å². The highest BCUT2D eigenvalue weighted by molar-refractivity contribution is 6.14. The first-order chi connectivity index (χ1) is 14.0. The summed E-state index contributed by atoms with van der Waals surface area (Å²) in [5, 5.41) is 3.47. The van der Waals surface area contributed by atoms with E-state index in [0.29, 0.717) is 47.4 Å². The van der Waals surface area contributed by atoms with Crippen LogP contribution in [0.15, 0.2) is 42.5 Å². The summed E-state index contributed by atoms with van der Waals surface area (Å²) < 4.78 is 21.0. The van der Waals surface area contributed by atoms with Gasteiger partial charge in [0.25, 0.3) is 5.91 Å². The molecule has 0 spiro atoms. The SMILES string of the molecule is COc1ccccc1CNC(=O)c1c(N2CCCC2=O)c2cc(F)ccc2n1C. The van der Waals surface area contributed by atoms with Gasteiger partial charge in [-0.2, -0.15) is 0 Å². The maximum absolute atomic E-state index is 14.0. The summed E-state index contributed by atoms with van der Waals surface area (Å²) in [6.07, 6.45) is 1.14. The number of rotatable bonds is 5. The van der Waals surface area contributed by atoms with E-state index in [4.69, 9.17) is 4.74 Å². The van der Waals surface area contributed by atoms with Crippen molar-refractivity contribution in [2.24, 2.45) is 7.05 Å². The average Bonchev–Trinajstić information content (AvgIpc) is 3.26. The molecule has 1 N–H and O–H groups in total. The number of aromatic nitrogens is 1. The first-order valence-corrected chi connectivity index (χ1v) is 9.49. The quantitative estimate of drug-likeness (QED) is 0.720. The Balaban J connectivity index is 1.75. The number of para-hydroxylation sites is 1. The molecule has 0 atom stereocenters.